The Morgan fingerprint density at radius 3 is 2.43 bits per heavy atom. The fraction of sp³-hybridized carbons (Fsp3) is 0.700. The third-order valence-corrected chi connectivity index (χ3v) is 5.77. The maximum absolute atomic E-state index is 12.1. The Morgan fingerprint density at radius 2 is 1.89 bits per heavy atom. The third-order valence-electron chi connectivity index (χ3n) is 4.54. The number of carbonyl (C=O) groups excluding carboxylic acids is 1. The molecule has 0 aromatic carbocycles. The van der Waals surface area contributed by atoms with E-state index in [1.54, 1.807) is 7.05 Å². The van der Waals surface area contributed by atoms with Crippen molar-refractivity contribution in [2.75, 3.05) is 26.7 Å². The van der Waals surface area contributed by atoms with Gasteiger partial charge in [-0.3, -0.25) is 4.99 Å². The van der Waals surface area contributed by atoms with Crippen LogP contribution in [0.2, 0.25) is 0 Å². The number of thiophene rings is 1. The molecule has 1 aliphatic rings. The highest BCUT2D eigenvalue weighted by Gasteiger charge is 2.26. The molecule has 0 aliphatic carbocycles. The van der Waals surface area contributed by atoms with E-state index in [9.17, 15) is 4.79 Å². The Hall–Kier alpha value is -1.03. The average Bonchev–Trinajstić information content (AvgIpc) is 3.09. The molecule has 0 atom stereocenters. The zero-order chi connectivity index (χ0) is 19.9. The highest BCUT2D eigenvalue weighted by molar-refractivity contribution is 14.0. The standard InChI is InChI=1S/C20H34N4O2S.HI/c1-6-16-7-8-17(27-16)14-23-18(21-5)22-13-15-9-11-24(12-10-15)19(25)26-20(2,3)4;/h7-8,15H,6,9-14H2,1-5H3,(H2,21,22,23);1H. The molecule has 6 nitrogen and oxygen atoms in total. The topological polar surface area (TPSA) is 66.0 Å². The van der Waals surface area contributed by atoms with Crippen molar-refractivity contribution < 1.29 is 9.53 Å². The van der Waals surface area contributed by atoms with Crippen LogP contribution in [-0.2, 0) is 17.7 Å². The molecule has 1 saturated heterocycles. The lowest BCUT2D eigenvalue weighted by Gasteiger charge is -2.33. The third kappa shape index (κ3) is 8.55. The largest absolute Gasteiger partial charge is 0.444 e. The lowest BCUT2D eigenvalue weighted by Crippen LogP contribution is -2.45. The fourth-order valence-electron chi connectivity index (χ4n) is 2.99. The van der Waals surface area contributed by atoms with Gasteiger partial charge < -0.3 is 20.3 Å². The predicted molar refractivity (Wildman–Crippen MR) is 128 cm³/mol. The van der Waals surface area contributed by atoms with Gasteiger partial charge in [0, 0.05) is 36.4 Å². The van der Waals surface area contributed by atoms with Gasteiger partial charge in [-0.25, -0.2) is 4.79 Å². The van der Waals surface area contributed by atoms with E-state index < -0.39 is 5.60 Å². The lowest BCUT2D eigenvalue weighted by atomic mass is 9.97. The minimum Gasteiger partial charge on any atom is -0.444 e. The Bertz CT molecular complexity index is 634. The minimum atomic E-state index is -0.436. The molecule has 28 heavy (non-hydrogen) atoms. The summed E-state index contributed by atoms with van der Waals surface area (Å²) in [4.78, 5) is 21.0. The first-order chi connectivity index (χ1) is 12.8. The Labute approximate surface area is 190 Å². The average molecular weight is 522 g/mol. The lowest BCUT2D eigenvalue weighted by molar-refractivity contribution is 0.0185. The molecular weight excluding hydrogens is 487 g/mol. The van der Waals surface area contributed by atoms with Crippen molar-refractivity contribution in [2.24, 2.45) is 10.9 Å². The van der Waals surface area contributed by atoms with E-state index in [-0.39, 0.29) is 30.1 Å². The number of nitrogens with one attached hydrogen (secondary N) is 2. The van der Waals surface area contributed by atoms with Gasteiger partial charge in [-0.1, -0.05) is 6.92 Å². The highest BCUT2D eigenvalue weighted by Crippen LogP contribution is 2.19. The first-order valence-corrected chi connectivity index (χ1v) is 10.6. The molecule has 8 heteroatoms. The Balaban J connectivity index is 0.00000392. The summed E-state index contributed by atoms with van der Waals surface area (Å²) < 4.78 is 5.46. The summed E-state index contributed by atoms with van der Waals surface area (Å²) in [6.45, 7) is 11.1. The summed E-state index contributed by atoms with van der Waals surface area (Å²) in [6.07, 6.45) is 2.84. The maximum Gasteiger partial charge on any atom is 0.410 e. The molecule has 2 rings (SSSR count). The van der Waals surface area contributed by atoms with Gasteiger partial charge in [0.1, 0.15) is 5.60 Å². The van der Waals surface area contributed by atoms with Crippen molar-refractivity contribution in [1.82, 2.24) is 15.5 Å². The first-order valence-electron chi connectivity index (χ1n) is 9.80. The fourth-order valence-corrected chi connectivity index (χ4v) is 3.88. The summed E-state index contributed by atoms with van der Waals surface area (Å²) in [5.74, 6) is 1.37. The molecule has 2 heterocycles. The summed E-state index contributed by atoms with van der Waals surface area (Å²) in [5, 5.41) is 6.80. The molecular formula is C20H35IN4O2S. The van der Waals surface area contributed by atoms with Crippen molar-refractivity contribution in [3.63, 3.8) is 0 Å². The molecule has 0 spiro atoms. The van der Waals surface area contributed by atoms with E-state index in [1.807, 2.05) is 37.0 Å². The van der Waals surface area contributed by atoms with Crippen LogP contribution >= 0.6 is 35.3 Å². The number of halogens is 1. The molecule has 1 aromatic heterocycles. The monoisotopic (exact) mass is 522 g/mol. The number of amides is 1. The number of carbonyl (C=O) groups is 1. The molecule has 1 aliphatic heterocycles. The minimum absolute atomic E-state index is 0. The SMILES string of the molecule is CCc1ccc(CNC(=NC)NCC2CCN(C(=O)OC(C)(C)C)CC2)s1.I. The number of hydrogen-bond donors (Lipinski definition) is 2. The molecule has 1 amide bonds. The molecule has 0 bridgehead atoms. The molecule has 1 fully saturated rings. The van der Waals surface area contributed by atoms with Gasteiger partial charge in [0.2, 0.25) is 0 Å². The second kappa shape index (κ2) is 11.8. The van der Waals surface area contributed by atoms with E-state index in [1.165, 1.54) is 9.75 Å². The van der Waals surface area contributed by atoms with E-state index in [2.05, 4.69) is 34.7 Å². The molecule has 1 aromatic rings. The number of nitrogens with zero attached hydrogens (tertiary/aromatic N) is 2. The number of aliphatic imine (C=N–C) groups is 1. The van der Waals surface area contributed by atoms with Crippen LogP contribution in [0.25, 0.3) is 0 Å². The van der Waals surface area contributed by atoms with Crippen LogP contribution in [0.5, 0.6) is 0 Å². The van der Waals surface area contributed by atoms with Crippen LogP contribution in [0.1, 0.15) is 50.3 Å². The van der Waals surface area contributed by atoms with Crippen molar-refractivity contribution in [2.45, 2.75) is 59.1 Å². The van der Waals surface area contributed by atoms with Gasteiger partial charge in [0.05, 0.1) is 6.54 Å². The number of hydrogen-bond acceptors (Lipinski definition) is 4. The highest BCUT2D eigenvalue weighted by atomic mass is 127. The summed E-state index contributed by atoms with van der Waals surface area (Å²) in [7, 11) is 1.80. The molecule has 160 valence electrons. The number of guanidine groups is 1. The van der Waals surface area contributed by atoms with Crippen LogP contribution in [-0.4, -0.2) is 49.2 Å². The summed E-state index contributed by atoms with van der Waals surface area (Å²) in [6, 6.07) is 4.37. The van der Waals surface area contributed by atoms with Crippen LogP contribution in [0.3, 0.4) is 0 Å². The summed E-state index contributed by atoms with van der Waals surface area (Å²) in [5.41, 5.74) is -0.436. The van der Waals surface area contributed by atoms with Gasteiger partial charge in [0.25, 0.3) is 0 Å². The number of ether oxygens (including phenoxy) is 1. The van der Waals surface area contributed by atoms with Gasteiger partial charge in [-0.2, -0.15) is 0 Å². The van der Waals surface area contributed by atoms with Crippen molar-refractivity contribution in [3.05, 3.63) is 21.9 Å². The van der Waals surface area contributed by atoms with Gasteiger partial charge in [-0.15, -0.1) is 35.3 Å². The molecule has 0 unspecified atom stereocenters. The van der Waals surface area contributed by atoms with E-state index >= 15 is 0 Å². The smallest absolute Gasteiger partial charge is 0.410 e. The van der Waals surface area contributed by atoms with Crippen LogP contribution in [0.15, 0.2) is 17.1 Å². The normalized spacial score (nSPS) is 15.8. The van der Waals surface area contributed by atoms with Crippen LogP contribution < -0.4 is 10.6 Å². The molecule has 0 radical (unpaired) electrons. The Morgan fingerprint density at radius 1 is 1.25 bits per heavy atom. The quantitative estimate of drug-likeness (QED) is 0.345. The first kappa shape index (κ1) is 25.0. The van der Waals surface area contributed by atoms with Gasteiger partial charge in [0.15, 0.2) is 5.96 Å². The maximum atomic E-state index is 12.1. The van der Waals surface area contributed by atoms with Gasteiger partial charge >= 0.3 is 6.09 Å². The molecule has 2 N–H and O–H groups in total. The van der Waals surface area contributed by atoms with Crippen molar-refractivity contribution in [1.29, 1.82) is 0 Å². The van der Waals surface area contributed by atoms with Crippen LogP contribution in [0, 0.1) is 5.92 Å². The van der Waals surface area contributed by atoms with E-state index in [4.69, 9.17) is 4.74 Å². The zero-order valence-electron chi connectivity index (χ0n) is 17.7. The second-order valence-electron chi connectivity index (χ2n) is 7.94. The van der Waals surface area contributed by atoms with E-state index in [0.717, 1.165) is 51.4 Å². The van der Waals surface area contributed by atoms with Crippen LogP contribution in [0.4, 0.5) is 4.79 Å². The van der Waals surface area contributed by atoms with Gasteiger partial charge in [-0.05, 0) is 58.1 Å². The van der Waals surface area contributed by atoms with Crippen molar-refractivity contribution in [3.8, 4) is 0 Å². The second-order valence-corrected chi connectivity index (χ2v) is 9.19. The number of rotatable bonds is 5. The van der Waals surface area contributed by atoms with Crippen molar-refractivity contribution >= 4 is 47.4 Å². The van der Waals surface area contributed by atoms with E-state index in [0.29, 0.717) is 5.92 Å². The predicted octanol–water partition coefficient (Wildman–Crippen LogP) is 4.24. The number of likely N-dealkylation sites (tertiary alicyclic amines) is 1. The number of piperidine rings is 1. The Kier molecular flexibility index (Phi) is 10.6. The summed E-state index contributed by atoms with van der Waals surface area (Å²) >= 11 is 1.84. The number of aryl methyl sites for hydroxylation is 1. The zero-order valence-corrected chi connectivity index (χ0v) is 20.9. The molecule has 0 saturated carbocycles.